The average Bonchev–Trinajstić information content (AvgIpc) is 2.55. The minimum absolute atomic E-state index is 0.00824. The van der Waals surface area contributed by atoms with Crippen LogP contribution in [-0.4, -0.2) is 16.7 Å². The summed E-state index contributed by atoms with van der Waals surface area (Å²) in [5, 5.41) is 10.6. The molecule has 3 heteroatoms. The molecule has 0 radical (unpaired) electrons. The Hall–Kier alpha value is -2.42. The molecule has 1 aromatic carbocycles. The number of aryl methyl sites for hydroxylation is 1. The molecule has 0 aromatic heterocycles. The van der Waals surface area contributed by atoms with E-state index < -0.39 is 11.3 Å². The van der Waals surface area contributed by atoms with Crippen LogP contribution < -0.4 is 0 Å². The lowest BCUT2D eigenvalue weighted by molar-refractivity contribution is -0.137. The number of allylic oxidation sites excluding steroid dienone is 5. The van der Waals surface area contributed by atoms with Crippen molar-refractivity contribution in [3.8, 4) is 5.75 Å². The lowest BCUT2D eigenvalue weighted by Crippen LogP contribution is -2.49. The van der Waals surface area contributed by atoms with Crippen LogP contribution in [0.25, 0.3) is 0 Å². The quantitative estimate of drug-likeness (QED) is 0.894. The largest absolute Gasteiger partial charge is 0.507 e. The smallest absolute Gasteiger partial charge is 0.166 e. The van der Waals surface area contributed by atoms with E-state index in [0.29, 0.717) is 17.6 Å². The molecule has 3 unspecified atom stereocenters. The van der Waals surface area contributed by atoms with Gasteiger partial charge in [-0.15, -0.1) is 0 Å². The predicted octanol–water partition coefficient (Wildman–Crippen LogP) is 4.02. The van der Waals surface area contributed by atoms with Gasteiger partial charge < -0.3 is 5.11 Å². The molecular formula is C21H22O3. The van der Waals surface area contributed by atoms with Gasteiger partial charge in [-0.3, -0.25) is 9.59 Å². The fourth-order valence-electron chi connectivity index (χ4n) is 4.29. The first-order chi connectivity index (χ1) is 11.3. The van der Waals surface area contributed by atoms with E-state index >= 15 is 0 Å². The number of para-hydroxylation sites is 1. The highest BCUT2D eigenvalue weighted by Crippen LogP contribution is 2.56. The first-order valence-corrected chi connectivity index (χ1v) is 8.20. The molecule has 0 amide bonds. The Labute approximate surface area is 142 Å². The van der Waals surface area contributed by atoms with Gasteiger partial charge in [0.25, 0.3) is 0 Å². The molecule has 2 aliphatic rings. The van der Waals surface area contributed by atoms with Crippen molar-refractivity contribution in [1.82, 2.24) is 0 Å². The van der Waals surface area contributed by atoms with Crippen LogP contribution in [0, 0.1) is 18.3 Å². The molecule has 0 saturated heterocycles. The number of hydrogen-bond acceptors (Lipinski definition) is 3. The Kier molecular flexibility index (Phi) is 3.83. The van der Waals surface area contributed by atoms with E-state index in [2.05, 4.69) is 6.58 Å². The third kappa shape index (κ3) is 2.11. The summed E-state index contributed by atoms with van der Waals surface area (Å²) in [6, 6.07) is 5.54. The Morgan fingerprint density at radius 2 is 2.00 bits per heavy atom. The number of phenolic OH excluding ortho intramolecular Hbond substituents is 1. The number of phenols is 1. The zero-order valence-corrected chi connectivity index (χ0v) is 14.3. The van der Waals surface area contributed by atoms with Crippen molar-refractivity contribution in [2.24, 2.45) is 11.3 Å². The van der Waals surface area contributed by atoms with Crippen LogP contribution in [0.4, 0.5) is 0 Å². The second kappa shape index (κ2) is 5.59. The molecule has 1 N–H and O–H groups in total. The van der Waals surface area contributed by atoms with Gasteiger partial charge in [-0.25, -0.2) is 0 Å². The molecular weight excluding hydrogens is 300 g/mol. The number of carbonyl (C=O) groups excluding carboxylic acids is 2. The molecule has 24 heavy (non-hydrogen) atoms. The second-order valence-electron chi connectivity index (χ2n) is 6.98. The maximum atomic E-state index is 13.1. The van der Waals surface area contributed by atoms with Crippen LogP contribution in [0.1, 0.15) is 37.3 Å². The average molecular weight is 322 g/mol. The molecule has 3 atom stereocenters. The van der Waals surface area contributed by atoms with Crippen molar-refractivity contribution in [3.05, 3.63) is 65.3 Å². The Balaban J connectivity index is 2.29. The maximum Gasteiger partial charge on any atom is 0.166 e. The zero-order chi connectivity index (χ0) is 17.6. The summed E-state index contributed by atoms with van der Waals surface area (Å²) >= 11 is 0. The number of carbonyl (C=O) groups is 2. The normalized spacial score (nSPS) is 29.6. The third-order valence-electron chi connectivity index (χ3n) is 5.61. The van der Waals surface area contributed by atoms with Gasteiger partial charge in [-0.2, -0.15) is 0 Å². The van der Waals surface area contributed by atoms with Crippen LogP contribution in [0.15, 0.2) is 54.2 Å². The van der Waals surface area contributed by atoms with E-state index in [0.717, 1.165) is 11.1 Å². The fourth-order valence-corrected chi connectivity index (χ4v) is 4.29. The number of Topliss-reactive ketones (excluding diaryl/α,β-unsaturated/α-hetero) is 1. The van der Waals surface area contributed by atoms with Gasteiger partial charge in [0.2, 0.25) is 0 Å². The van der Waals surface area contributed by atoms with Crippen LogP contribution >= 0.6 is 0 Å². The zero-order valence-electron chi connectivity index (χ0n) is 14.3. The van der Waals surface area contributed by atoms with Crippen molar-refractivity contribution >= 4 is 11.6 Å². The van der Waals surface area contributed by atoms with E-state index in [1.54, 1.807) is 13.0 Å². The van der Waals surface area contributed by atoms with Crippen molar-refractivity contribution < 1.29 is 14.7 Å². The molecule has 3 rings (SSSR count). The number of benzene rings is 1. The van der Waals surface area contributed by atoms with Gasteiger partial charge in [0.1, 0.15) is 5.75 Å². The maximum absolute atomic E-state index is 13.1. The molecule has 0 aliphatic heterocycles. The van der Waals surface area contributed by atoms with Gasteiger partial charge in [0, 0.05) is 17.4 Å². The summed E-state index contributed by atoms with van der Waals surface area (Å²) in [6.07, 6.45) is 5.70. The molecule has 2 aliphatic carbocycles. The highest BCUT2D eigenvalue weighted by Gasteiger charge is 2.55. The van der Waals surface area contributed by atoms with Crippen molar-refractivity contribution in [2.75, 3.05) is 0 Å². The van der Waals surface area contributed by atoms with Crippen LogP contribution in [0.2, 0.25) is 0 Å². The number of hydrogen-bond donors (Lipinski definition) is 1. The first-order valence-electron chi connectivity index (χ1n) is 8.20. The highest BCUT2D eigenvalue weighted by molar-refractivity contribution is 6.13. The van der Waals surface area contributed by atoms with E-state index in [-0.39, 0.29) is 23.2 Å². The second-order valence-corrected chi connectivity index (χ2v) is 6.98. The topological polar surface area (TPSA) is 54.4 Å². The Bertz CT molecular complexity index is 812. The van der Waals surface area contributed by atoms with E-state index in [1.807, 2.05) is 38.1 Å². The van der Waals surface area contributed by atoms with Gasteiger partial charge in [-0.05, 0) is 43.1 Å². The lowest BCUT2D eigenvalue weighted by Gasteiger charge is -2.47. The van der Waals surface area contributed by atoms with Crippen LogP contribution in [-0.2, 0) is 9.59 Å². The summed E-state index contributed by atoms with van der Waals surface area (Å²) in [5.74, 6) is -0.628. The molecule has 124 valence electrons. The standard InChI is InChI=1S/C21H22O3/c1-5-14-9-10-16-17(22)11-13(3)20(24)21(16,4)18(14)15-8-6-7-12(2)19(15)23/h5-9,11,16,18,23H,1,10H2,2-4H3. The fraction of sp³-hybridized carbons (Fsp3) is 0.333. The van der Waals surface area contributed by atoms with Crippen LogP contribution in [0.5, 0.6) is 5.75 Å². The summed E-state index contributed by atoms with van der Waals surface area (Å²) in [6.45, 7) is 9.27. The molecule has 0 saturated carbocycles. The van der Waals surface area contributed by atoms with Crippen molar-refractivity contribution in [3.63, 3.8) is 0 Å². The Morgan fingerprint density at radius 3 is 2.67 bits per heavy atom. The van der Waals surface area contributed by atoms with E-state index in [9.17, 15) is 14.7 Å². The number of aromatic hydroxyl groups is 1. The van der Waals surface area contributed by atoms with Crippen molar-refractivity contribution in [2.45, 2.75) is 33.1 Å². The molecule has 0 bridgehead atoms. The van der Waals surface area contributed by atoms with Gasteiger partial charge in [0.15, 0.2) is 11.6 Å². The van der Waals surface area contributed by atoms with Gasteiger partial charge >= 0.3 is 0 Å². The molecule has 0 heterocycles. The number of rotatable bonds is 2. The summed E-state index contributed by atoms with van der Waals surface area (Å²) in [5.41, 5.74) is 1.92. The number of ketones is 2. The third-order valence-corrected chi connectivity index (χ3v) is 5.61. The highest BCUT2D eigenvalue weighted by atomic mass is 16.3. The lowest BCUT2D eigenvalue weighted by atomic mass is 9.53. The summed E-state index contributed by atoms with van der Waals surface area (Å²) < 4.78 is 0. The van der Waals surface area contributed by atoms with Gasteiger partial charge in [-0.1, -0.05) is 43.9 Å². The summed E-state index contributed by atoms with van der Waals surface area (Å²) in [7, 11) is 0. The first kappa shape index (κ1) is 16.4. The Morgan fingerprint density at radius 1 is 1.29 bits per heavy atom. The summed E-state index contributed by atoms with van der Waals surface area (Å²) in [4.78, 5) is 25.7. The SMILES string of the molecule is C=CC1=CCC2C(=O)C=C(C)C(=O)C2(C)C1c1cccc(C)c1O. The minimum atomic E-state index is -0.903. The molecule has 1 aromatic rings. The minimum Gasteiger partial charge on any atom is -0.507 e. The molecule has 0 fully saturated rings. The number of fused-ring (bicyclic) bond motifs is 1. The van der Waals surface area contributed by atoms with Crippen molar-refractivity contribution in [1.29, 1.82) is 0 Å². The van der Waals surface area contributed by atoms with Crippen LogP contribution in [0.3, 0.4) is 0 Å². The van der Waals surface area contributed by atoms with E-state index in [1.165, 1.54) is 6.08 Å². The van der Waals surface area contributed by atoms with Gasteiger partial charge in [0.05, 0.1) is 5.41 Å². The van der Waals surface area contributed by atoms with E-state index in [4.69, 9.17) is 0 Å². The molecule has 3 nitrogen and oxygen atoms in total. The molecule has 0 spiro atoms. The predicted molar refractivity (Wildman–Crippen MR) is 93.8 cm³/mol. The monoisotopic (exact) mass is 322 g/mol.